The quantitative estimate of drug-likeness (QED) is 0.381. The molecule has 1 N–H and O–H groups in total. The van der Waals surface area contributed by atoms with Gasteiger partial charge in [0, 0.05) is 10.6 Å². The number of nitrogens with zero attached hydrogens (tertiary/aromatic N) is 1. The van der Waals surface area contributed by atoms with E-state index in [2.05, 4.69) is 24.4 Å². The highest BCUT2D eigenvalue weighted by Gasteiger charge is 2.10. The fourth-order valence-electron chi connectivity index (χ4n) is 2.91. The molecule has 6 heteroatoms. The summed E-state index contributed by atoms with van der Waals surface area (Å²) in [5.74, 6) is 1.87. The summed E-state index contributed by atoms with van der Waals surface area (Å²) in [7, 11) is 0. The highest BCUT2D eigenvalue weighted by molar-refractivity contribution is 6.31. The fourth-order valence-corrected chi connectivity index (χ4v) is 3.09. The lowest BCUT2D eigenvalue weighted by atomic mass is 10.0. The molecule has 1 aromatic heterocycles. The van der Waals surface area contributed by atoms with Crippen LogP contribution in [0.3, 0.4) is 0 Å². The average Bonchev–Trinajstić information content (AvgIpc) is 3.17. The van der Waals surface area contributed by atoms with Crippen LogP contribution < -0.4 is 10.2 Å². The van der Waals surface area contributed by atoms with Crippen LogP contribution in [-0.4, -0.2) is 18.7 Å². The first-order valence-corrected chi connectivity index (χ1v) is 10.1. The highest BCUT2D eigenvalue weighted by Crippen LogP contribution is 2.28. The fraction of sp³-hybridized carbons (Fsp3) is 0.250. The van der Waals surface area contributed by atoms with E-state index in [0.29, 0.717) is 22.5 Å². The van der Waals surface area contributed by atoms with Crippen molar-refractivity contribution in [1.82, 2.24) is 5.43 Å². The van der Waals surface area contributed by atoms with Gasteiger partial charge in [-0.2, -0.15) is 5.10 Å². The third kappa shape index (κ3) is 5.51. The lowest BCUT2D eigenvalue weighted by Gasteiger charge is -2.14. The minimum atomic E-state index is -0.348. The zero-order chi connectivity index (χ0) is 21.7. The number of hydrogen-bond donors (Lipinski definition) is 1. The van der Waals surface area contributed by atoms with Crippen LogP contribution in [0.25, 0.3) is 11.3 Å². The Hall–Kier alpha value is -3.05. The van der Waals surface area contributed by atoms with E-state index >= 15 is 0 Å². The Kier molecular flexibility index (Phi) is 6.95. The Balaban J connectivity index is 1.56. The van der Waals surface area contributed by atoms with Gasteiger partial charge < -0.3 is 9.15 Å². The van der Waals surface area contributed by atoms with Crippen LogP contribution in [0.1, 0.15) is 42.2 Å². The van der Waals surface area contributed by atoms with Crippen molar-refractivity contribution in [3.8, 4) is 17.1 Å². The summed E-state index contributed by atoms with van der Waals surface area (Å²) in [5, 5.41) is 4.62. The van der Waals surface area contributed by atoms with Gasteiger partial charge in [-0.1, -0.05) is 49.7 Å². The zero-order valence-electron chi connectivity index (χ0n) is 17.5. The lowest BCUT2D eigenvalue weighted by Crippen LogP contribution is -2.24. The third-order valence-electron chi connectivity index (χ3n) is 4.61. The molecule has 0 aliphatic carbocycles. The number of nitrogens with one attached hydrogen (secondary N) is 1. The molecule has 0 spiro atoms. The van der Waals surface area contributed by atoms with Crippen LogP contribution in [0.4, 0.5) is 0 Å². The summed E-state index contributed by atoms with van der Waals surface area (Å²) in [6.45, 7) is 7.99. The van der Waals surface area contributed by atoms with Crippen molar-refractivity contribution in [2.24, 2.45) is 5.10 Å². The van der Waals surface area contributed by atoms with Gasteiger partial charge in [0.25, 0.3) is 5.91 Å². The first-order chi connectivity index (χ1) is 14.3. The van der Waals surface area contributed by atoms with E-state index in [9.17, 15) is 4.79 Å². The molecule has 0 unspecified atom stereocenters. The average molecular weight is 425 g/mol. The van der Waals surface area contributed by atoms with Gasteiger partial charge in [-0.3, -0.25) is 4.79 Å². The molecule has 0 atom stereocenters. The van der Waals surface area contributed by atoms with E-state index < -0.39 is 0 Å². The lowest BCUT2D eigenvalue weighted by molar-refractivity contribution is -0.123. The molecular weight excluding hydrogens is 400 g/mol. The van der Waals surface area contributed by atoms with Gasteiger partial charge in [-0.25, -0.2) is 5.43 Å². The standard InChI is InChI=1S/C24H25ClN2O3/c1-15(2)20-9-5-16(3)11-23(20)29-14-24(28)27-26-13-19-8-10-22(30-19)18-7-6-17(4)21(25)12-18/h5-13,15H,14H2,1-4H3,(H,27,28)/b26-13-. The molecule has 0 aliphatic heterocycles. The maximum absolute atomic E-state index is 12.1. The topological polar surface area (TPSA) is 63.8 Å². The number of amides is 1. The van der Waals surface area contributed by atoms with E-state index in [-0.39, 0.29) is 12.5 Å². The van der Waals surface area contributed by atoms with Crippen molar-refractivity contribution < 1.29 is 13.9 Å². The molecule has 0 bridgehead atoms. The van der Waals surface area contributed by atoms with Crippen molar-refractivity contribution in [1.29, 1.82) is 0 Å². The highest BCUT2D eigenvalue weighted by atomic mass is 35.5. The largest absolute Gasteiger partial charge is 0.483 e. The maximum Gasteiger partial charge on any atom is 0.277 e. The summed E-state index contributed by atoms with van der Waals surface area (Å²) in [6.07, 6.45) is 1.45. The summed E-state index contributed by atoms with van der Waals surface area (Å²) < 4.78 is 11.4. The molecule has 0 saturated carbocycles. The summed E-state index contributed by atoms with van der Waals surface area (Å²) in [5.41, 5.74) is 6.48. The van der Waals surface area contributed by atoms with Crippen LogP contribution >= 0.6 is 11.6 Å². The monoisotopic (exact) mass is 424 g/mol. The van der Waals surface area contributed by atoms with Gasteiger partial charge in [0.15, 0.2) is 6.61 Å². The number of furan rings is 1. The normalized spacial score (nSPS) is 11.3. The number of carbonyl (C=O) groups excluding carboxylic acids is 1. The predicted molar refractivity (Wildman–Crippen MR) is 120 cm³/mol. The molecule has 3 aromatic rings. The molecule has 1 amide bonds. The van der Waals surface area contributed by atoms with E-state index in [1.807, 2.05) is 56.3 Å². The minimum absolute atomic E-state index is 0.119. The Labute approximate surface area is 181 Å². The van der Waals surface area contributed by atoms with Gasteiger partial charge in [0.1, 0.15) is 17.3 Å². The molecule has 2 aromatic carbocycles. The zero-order valence-corrected chi connectivity index (χ0v) is 18.3. The molecular formula is C24H25ClN2O3. The van der Waals surface area contributed by atoms with Gasteiger partial charge in [0.2, 0.25) is 0 Å². The van der Waals surface area contributed by atoms with Crippen LogP contribution in [0.2, 0.25) is 5.02 Å². The first kappa shape index (κ1) is 21.7. The number of halogens is 1. The molecule has 3 rings (SSSR count). The van der Waals surface area contributed by atoms with E-state index in [1.165, 1.54) is 6.21 Å². The smallest absolute Gasteiger partial charge is 0.277 e. The van der Waals surface area contributed by atoms with Gasteiger partial charge in [-0.15, -0.1) is 0 Å². The molecule has 156 valence electrons. The van der Waals surface area contributed by atoms with E-state index in [1.54, 1.807) is 6.07 Å². The van der Waals surface area contributed by atoms with Crippen molar-refractivity contribution in [2.45, 2.75) is 33.6 Å². The second-order valence-electron chi connectivity index (χ2n) is 7.44. The summed E-state index contributed by atoms with van der Waals surface area (Å²) >= 11 is 6.17. The Morgan fingerprint density at radius 1 is 1.17 bits per heavy atom. The predicted octanol–water partition coefficient (Wildman–Crippen LogP) is 5.87. The van der Waals surface area contributed by atoms with Crippen molar-refractivity contribution in [3.63, 3.8) is 0 Å². The van der Waals surface area contributed by atoms with Crippen molar-refractivity contribution >= 4 is 23.7 Å². The molecule has 1 heterocycles. The SMILES string of the molecule is Cc1ccc(C(C)C)c(OCC(=O)N/N=C\c2ccc(-c3ccc(C)c(Cl)c3)o2)c1. The number of hydrogen-bond acceptors (Lipinski definition) is 4. The number of rotatable bonds is 7. The second-order valence-corrected chi connectivity index (χ2v) is 7.85. The molecule has 0 radical (unpaired) electrons. The number of aryl methyl sites for hydroxylation is 2. The summed E-state index contributed by atoms with van der Waals surface area (Å²) in [4.78, 5) is 12.1. The molecule has 5 nitrogen and oxygen atoms in total. The number of hydrazone groups is 1. The van der Waals surface area contributed by atoms with Crippen LogP contribution in [0.5, 0.6) is 5.75 Å². The van der Waals surface area contributed by atoms with Crippen molar-refractivity contribution in [2.75, 3.05) is 6.61 Å². The second kappa shape index (κ2) is 9.63. The summed E-state index contributed by atoms with van der Waals surface area (Å²) in [6, 6.07) is 15.3. The van der Waals surface area contributed by atoms with Crippen LogP contribution in [0.15, 0.2) is 58.0 Å². The van der Waals surface area contributed by atoms with Crippen LogP contribution in [0, 0.1) is 13.8 Å². The van der Waals surface area contributed by atoms with Gasteiger partial charge in [-0.05, 0) is 60.7 Å². The Bertz CT molecular complexity index is 1070. The van der Waals surface area contributed by atoms with Gasteiger partial charge >= 0.3 is 0 Å². The van der Waals surface area contributed by atoms with E-state index in [4.69, 9.17) is 20.8 Å². The Morgan fingerprint density at radius 2 is 1.97 bits per heavy atom. The van der Waals surface area contributed by atoms with Gasteiger partial charge in [0.05, 0.1) is 6.21 Å². The molecule has 0 aliphatic rings. The first-order valence-electron chi connectivity index (χ1n) is 9.75. The Morgan fingerprint density at radius 3 is 2.70 bits per heavy atom. The molecule has 0 saturated heterocycles. The minimum Gasteiger partial charge on any atom is -0.483 e. The van der Waals surface area contributed by atoms with Crippen molar-refractivity contribution in [3.05, 3.63) is 76.0 Å². The molecule has 0 fully saturated rings. The van der Waals surface area contributed by atoms with Crippen LogP contribution in [-0.2, 0) is 4.79 Å². The van der Waals surface area contributed by atoms with E-state index in [0.717, 1.165) is 28.0 Å². The number of carbonyl (C=O) groups is 1. The molecule has 30 heavy (non-hydrogen) atoms. The number of benzene rings is 2. The third-order valence-corrected chi connectivity index (χ3v) is 5.02. The number of ether oxygens (including phenoxy) is 1. The maximum atomic E-state index is 12.1.